The molecule has 0 atom stereocenters. The van der Waals surface area contributed by atoms with Crippen LogP contribution in [0, 0.1) is 0 Å². The second-order valence-corrected chi connectivity index (χ2v) is 6.04. The van der Waals surface area contributed by atoms with Gasteiger partial charge in [0.25, 0.3) is 0 Å². The summed E-state index contributed by atoms with van der Waals surface area (Å²) in [5, 5.41) is 5.69. The number of nitrogens with zero attached hydrogens (tertiary/aromatic N) is 2. The average Bonchev–Trinajstić information content (AvgIpc) is 3.10. The van der Waals surface area contributed by atoms with Gasteiger partial charge in [-0.05, 0) is 37.1 Å². The molecular formula is C15H25N3S. The fourth-order valence-electron chi connectivity index (χ4n) is 2.29. The van der Waals surface area contributed by atoms with Gasteiger partial charge in [-0.15, -0.1) is 11.3 Å². The summed E-state index contributed by atoms with van der Waals surface area (Å²) in [6, 6.07) is 4.33. The fourth-order valence-corrected chi connectivity index (χ4v) is 3.00. The minimum atomic E-state index is 0.953. The summed E-state index contributed by atoms with van der Waals surface area (Å²) < 4.78 is 0. The largest absolute Gasteiger partial charge is 0.356 e. The van der Waals surface area contributed by atoms with Crippen molar-refractivity contribution in [2.24, 2.45) is 4.99 Å². The molecule has 0 bridgehead atoms. The van der Waals surface area contributed by atoms with Crippen LogP contribution >= 0.6 is 11.3 Å². The molecule has 1 aliphatic heterocycles. The van der Waals surface area contributed by atoms with Gasteiger partial charge in [-0.3, -0.25) is 4.99 Å². The monoisotopic (exact) mass is 279 g/mol. The van der Waals surface area contributed by atoms with Crippen LogP contribution in [-0.4, -0.2) is 37.0 Å². The first-order valence-electron chi connectivity index (χ1n) is 7.46. The number of guanidine groups is 1. The predicted octanol–water partition coefficient (Wildman–Crippen LogP) is 3.13. The number of nitrogens with one attached hydrogen (secondary N) is 1. The van der Waals surface area contributed by atoms with E-state index < -0.39 is 0 Å². The normalized spacial score (nSPS) is 16.1. The Morgan fingerprint density at radius 2 is 2.26 bits per heavy atom. The van der Waals surface area contributed by atoms with E-state index in [4.69, 9.17) is 4.99 Å². The first kappa shape index (κ1) is 14.4. The lowest BCUT2D eigenvalue weighted by molar-refractivity contribution is 0.491. The van der Waals surface area contributed by atoms with E-state index in [1.807, 2.05) is 11.3 Å². The van der Waals surface area contributed by atoms with E-state index in [1.165, 1.54) is 30.6 Å². The van der Waals surface area contributed by atoms with Crippen LogP contribution in [0.4, 0.5) is 0 Å². The first-order chi connectivity index (χ1) is 9.40. The molecule has 0 unspecified atom stereocenters. The Labute approximate surface area is 120 Å². The summed E-state index contributed by atoms with van der Waals surface area (Å²) >= 11 is 1.83. The number of hydrogen-bond acceptors (Lipinski definition) is 2. The molecule has 2 heterocycles. The molecule has 0 radical (unpaired) electrons. The summed E-state index contributed by atoms with van der Waals surface area (Å²) in [7, 11) is 0. The topological polar surface area (TPSA) is 27.6 Å². The van der Waals surface area contributed by atoms with Crippen LogP contribution in [0.3, 0.4) is 0 Å². The summed E-state index contributed by atoms with van der Waals surface area (Å²) in [6.07, 6.45) is 6.10. The van der Waals surface area contributed by atoms with Crippen LogP contribution in [0.2, 0.25) is 0 Å². The highest BCUT2D eigenvalue weighted by Crippen LogP contribution is 2.10. The molecule has 0 aliphatic carbocycles. The fraction of sp³-hybridized carbons (Fsp3) is 0.667. The maximum atomic E-state index is 4.75. The van der Waals surface area contributed by atoms with Crippen molar-refractivity contribution in [3.63, 3.8) is 0 Å². The van der Waals surface area contributed by atoms with Crippen molar-refractivity contribution in [2.75, 3.05) is 26.2 Å². The average molecular weight is 279 g/mol. The molecule has 1 saturated heterocycles. The molecule has 19 heavy (non-hydrogen) atoms. The van der Waals surface area contributed by atoms with E-state index in [2.05, 4.69) is 34.7 Å². The summed E-state index contributed by atoms with van der Waals surface area (Å²) in [4.78, 5) is 8.60. The quantitative estimate of drug-likeness (QED) is 0.492. The lowest BCUT2D eigenvalue weighted by Crippen LogP contribution is -2.40. The van der Waals surface area contributed by atoms with Gasteiger partial charge in [0.2, 0.25) is 0 Å². The lowest BCUT2D eigenvalue weighted by atomic mass is 10.3. The summed E-state index contributed by atoms with van der Waals surface area (Å²) in [5.41, 5.74) is 0. The molecule has 4 heteroatoms. The highest BCUT2D eigenvalue weighted by Gasteiger charge is 2.15. The van der Waals surface area contributed by atoms with Crippen LogP contribution in [0.15, 0.2) is 22.5 Å². The van der Waals surface area contributed by atoms with Gasteiger partial charge in [0.05, 0.1) is 0 Å². The molecule has 1 aromatic heterocycles. The van der Waals surface area contributed by atoms with Gasteiger partial charge in [-0.2, -0.15) is 0 Å². The highest BCUT2D eigenvalue weighted by atomic mass is 32.1. The van der Waals surface area contributed by atoms with Crippen molar-refractivity contribution < 1.29 is 0 Å². The zero-order valence-corrected chi connectivity index (χ0v) is 12.7. The van der Waals surface area contributed by atoms with Crippen molar-refractivity contribution in [1.82, 2.24) is 10.2 Å². The van der Waals surface area contributed by atoms with Crippen molar-refractivity contribution in [2.45, 2.75) is 39.0 Å². The third kappa shape index (κ3) is 4.86. The second-order valence-electron chi connectivity index (χ2n) is 5.01. The highest BCUT2D eigenvalue weighted by molar-refractivity contribution is 7.09. The zero-order chi connectivity index (χ0) is 13.3. The molecule has 0 spiro atoms. The Morgan fingerprint density at radius 1 is 1.42 bits per heavy atom. The standard InChI is InChI=1S/C15H25N3S/c1-2-3-9-16-15(18-11-4-5-12-18)17-10-8-14-7-6-13-19-14/h6-7,13H,2-5,8-12H2,1H3,(H,16,17). The maximum absolute atomic E-state index is 4.75. The van der Waals surface area contributed by atoms with Gasteiger partial charge in [0.1, 0.15) is 0 Å². The number of aliphatic imine (C=N–C) groups is 1. The Morgan fingerprint density at radius 3 is 2.95 bits per heavy atom. The van der Waals surface area contributed by atoms with Crippen molar-refractivity contribution in [3.8, 4) is 0 Å². The van der Waals surface area contributed by atoms with E-state index in [0.717, 1.165) is 38.6 Å². The molecule has 106 valence electrons. The van der Waals surface area contributed by atoms with Gasteiger partial charge >= 0.3 is 0 Å². The van der Waals surface area contributed by atoms with E-state index in [1.54, 1.807) is 0 Å². The van der Waals surface area contributed by atoms with Crippen LogP contribution in [0.5, 0.6) is 0 Å². The third-order valence-electron chi connectivity index (χ3n) is 3.41. The van der Waals surface area contributed by atoms with Gasteiger partial charge in [0, 0.05) is 31.1 Å². The smallest absolute Gasteiger partial charge is 0.193 e. The number of unbranched alkanes of at least 4 members (excludes halogenated alkanes) is 1. The molecule has 1 fully saturated rings. The molecule has 0 aromatic carbocycles. The predicted molar refractivity (Wildman–Crippen MR) is 84.0 cm³/mol. The van der Waals surface area contributed by atoms with Crippen LogP contribution in [-0.2, 0) is 6.42 Å². The maximum Gasteiger partial charge on any atom is 0.193 e. The minimum Gasteiger partial charge on any atom is -0.356 e. The molecule has 3 nitrogen and oxygen atoms in total. The molecule has 0 saturated carbocycles. The van der Waals surface area contributed by atoms with Crippen molar-refractivity contribution >= 4 is 17.3 Å². The Hall–Kier alpha value is -1.03. The van der Waals surface area contributed by atoms with E-state index >= 15 is 0 Å². The Kier molecular flexibility index (Phi) is 6.21. The number of rotatable bonds is 6. The van der Waals surface area contributed by atoms with Gasteiger partial charge in [0.15, 0.2) is 5.96 Å². The van der Waals surface area contributed by atoms with E-state index in [9.17, 15) is 0 Å². The molecule has 1 N–H and O–H groups in total. The Balaban J connectivity index is 1.80. The second kappa shape index (κ2) is 8.20. The van der Waals surface area contributed by atoms with Crippen molar-refractivity contribution in [1.29, 1.82) is 0 Å². The number of hydrogen-bond donors (Lipinski definition) is 1. The molecule has 0 amide bonds. The van der Waals surface area contributed by atoms with E-state index in [-0.39, 0.29) is 0 Å². The van der Waals surface area contributed by atoms with Gasteiger partial charge in [-0.25, -0.2) is 0 Å². The Bertz CT molecular complexity index is 367. The van der Waals surface area contributed by atoms with Crippen LogP contribution in [0.1, 0.15) is 37.5 Å². The van der Waals surface area contributed by atoms with Crippen molar-refractivity contribution in [3.05, 3.63) is 22.4 Å². The number of likely N-dealkylation sites (tertiary alicyclic amines) is 1. The molecular weight excluding hydrogens is 254 g/mol. The minimum absolute atomic E-state index is 0.953. The van der Waals surface area contributed by atoms with Crippen LogP contribution < -0.4 is 5.32 Å². The SMILES string of the molecule is CCCCN=C(NCCc1cccs1)N1CCCC1. The summed E-state index contributed by atoms with van der Waals surface area (Å²) in [6.45, 7) is 6.49. The number of thiophene rings is 1. The molecule has 1 aliphatic rings. The lowest BCUT2D eigenvalue weighted by Gasteiger charge is -2.21. The van der Waals surface area contributed by atoms with Gasteiger partial charge in [-0.1, -0.05) is 19.4 Å². The summed E-state index contributed by atoms with van der Waals surface area (Å²) in [5.74, 6) is 1.13. The first-order valence-corrected chi connectivity index (χ1v) is 8.33. The van der Waals surface area contributed by atoms with Crippen LogP contribution in [0.25, 0.3) is 0 Å². The van der Waals surface area contributed by atoms with Gasteiger partial charge < -0.3 is 10.2 Å². The molecule has 2 rings (SSSR count). The third-order valence-corrected chi connectivity index (χ3v) is 4.35. The molecule has 1 aromatic rings. The zero-order valence-electron chi connectivity index (χ0n) is 11.9. The van der Waals surface area contributed by atoms with E-state index in [0.29, 0.717) is 0 Å².